The molecule has 54 valence electrons. The first-order chi connectivity index (χ1) is 4.63. The van der Waals surface area contributed by atoms with Gasteiger partial charge in [0.25, 0.3) is 0 Å². The lowest BCUT2D eigenvalue weighted by Gasteiger charge is -2.02. The fraction of sp³-hybridized carbons (Fsp3) is 0.250. The van der Waals surface area contributed by atoms with Crippen molar-refractivity contribution >= 4 is 18.0 Å². The van der Waals surface area contributed by atoms with E-state index in [9.17, 15) is 9.59 Å². The van der Waals surface area contributed by atoms with E-state index >= 15 is 0 Å². The smallest absolute Gasteiger partial charge is 0.425 e. The number of carbonyl (C=O) groups excluding carboxylic acids is 1. The highest BCUT2D eigenvalue weighted by atomic mass is 16.6. The molecule has 0 radical (unpaired) electrons. The van der Waals surface area contributed by atoms with Crippen molar-refractivity contribution in [3.05, 3.63) is 0 Å². The highest BCUT2D eigenvalue weighted by molar-refractivity contribution is 6.10. The third kappa shape index (κ3) is 0.790. The van der Waals surface area contributed by atoms with Gasteiger partial charge in [0, 0.05) is 0 Å². The molecule has 0 aromatic carbocycles. The molecule has 10 heavy (non-hydrogen) atoms. The number of nitrogens with zero attached hydrogens (tertiary/aromatic N) is 1. The molecule has 0 unspecified atom stereocenters. The van der Waals surface area contributed by atoms with E-state index in [4.69, 9.17) is 10.5 Å². The van der Waals surface area contributed by atoms with Gasteiger partial charge in [-0.05, 0) is 0 Å². The van der Waals surface area contributed by atoms with E-state index in [1.165, 1.54) is 0 Å². The summed E-state index contributed by atoms with van der Waals surface area (Å²) in [6.07, 6.45) is -2.48. The van der Waals surface area contributed by atoms with Crippen LogP contribution >= 0.6 is 0 Å². The molecular weight excluding hydrogens is 140 g/mol. The Morgan fingerprint density at radius 2 is 2.40 bits per heavy atom. The van der Waals surface area contributed by atoms with Crippen LogP contribution < -0.4 is 0 Å². The molecule has 0 bridgehead atoms. The van der Waals surface area contributed by atoms with E-state index in [1.807, 2.05) is 0 Å². The predicted molar refractivity (Wildman–Crippen MR) is 28.9 cm³/mol. The van der Waals surface area contributed by atoms with Crippen molar-refractivity contribution in [3.63, 3.8) is 0 Å². The van der Waals surface area contributed by atoms with Gasteiger partial charge in [0.1, 0.15) is 0 Å². The molecule has 2 N–H and O–H groups in total. The van der Waals surface area contributed by atoms with Crippen molar-refractivity contribution in [1.82, 2.24) is 4.90 Å². The molecule has 1 aliphatic heterocycles. The number of nitrogens with one attached hydrogen (secondary N) is 1. The maximum absolute atomic E-state index is 10.4. The zero-order valence-electron chi connectivity index (χ0n) is 4.83. The van der Waals surface area contributed by atoms with Crippen molar-refractivity contribution in [2.24, 2.45) is 0 Å². The first kappa shape index (κ1) is 6.53. The molecule has 6 heteroatoms. The van der Waals surface area contributed by atoms with Gasteiger partial charge in [-0.15, -0.1) is 0 Å². The van der Waals surface area contributed by atoms with Crippen molar-refractivity contribution in [3.8, 4) is 0 Å². The van der Waals surface area contributed by atoms with Gasteiger partial charge in [-0.2, -0.15) is 4.90 Å². The molecule has 1 aliphatic rings. The topological polar surface area (TPSA) is 90.7 Å². The van der Waals surface area contributed by atoms with E-state index in [2.05, 4.69) is 4.74 Å². The first-order valence-electron chi connectivity index (χ1n) is 2.40. The van der Waals surface area contributed by atoms with E-state index in [0.29, 0.717) is 0 Å². The molecule has 0 aromatic heterocycles. The summed E-state index contributed by atoms with van der Waals surface area (Å²) in [4.78, 5) is 20.8. The van der Waals surface area contributed by atoms with Crippen LogP contribution in [0.15, 0.2) is 0 Å². The first-order valence-corrected chi connectivity index (χ1v) is 2.40. The lowest BCUT2D eigenvalue weighted by Crippen LogP contribution is -2.33. The normalized spacial score (nSPS) is 17.4. The maximum Gasteiger partial charge on any atom is 0.425 e. The summed E-state index contributed by atoms with van der Waals surface area (Å²) in [5.41, 5.74) is 0. The van der Waals surface area contributed by atoms with Crippen LogP contribution in [0.3, 0.4) is 0 Å². The standard InChI is InChI=1S/C4H4N2O4/c5-2-1-10-4(9)6(2)3(7)8/h5H,1H2,(H,7,8). The number of amidine groups is 1. The number of hydrogen-bond acceptors (Lipinski definition) is 4. The average molecular weight is 144 g/mol. The molecule has 2 amide bonds. The van der Waals surface area contributed by atoms with Gasteiger partial charge in [0.05, 0.1) is 0 Å². The summed E-state index contributed by atoms with van der Waals surface area (Å²) in [5, 5.41) is 15.1. The summed E-state index contributed by atoms with van der Waals surface area (Å²) in [5.74, 6) is -0.350. The minimum Gasteiger partial charge on any atom is -0.464 e. The van der Waals surface area contributed by atoms with Gasteiger partial charge in [0.15, 0.2) is 12.4 Å². The number of imide groups is 1. The SMILES string of the molecule is N=C1COC(=O)N1C(=O)O. The Hall–Kier alpha value is -1.59. The fourth-order valence-corrected chi connectivity index (χ4v) is 0.563. The van der Waals surface area contributed by atoms with E-state index in [0.717, 1.165) is 0 Å². The largest absolute Gasteiger partial charge is 0.464 e. The molecule has 1 rings (SSSR count). The van der Waals surface area contributed by atoms with Gasteiger partial charge in [-0.3, -0.25) is 5.41 Å². The summed E-state index contributed by atoms with van der Waals surface area (Å²) in [6.45, 7) is -0.259. The van der Waals surface area contributed by atoms with Crippen LogP contribution in [0.2, 0.25) is 0 Å². The summed E-state index contributed by atoms with van der Waals surface area (Å²) in [7, 11) is 0. The van der Waals surface area contributed by atoms with Crippen molar-refractivity contribution in [2.45, 2.75) is 0 Å². The highest BCUT2D eigenvalue weighted by Crippen LogP contribution is 2.04. The average Bonchev–Trinajstić information content (AvgIpc) is 2.11. The van der Waals surface area contributed by atoms with E-state index in [1.54, 1.807) is 0 Å². The van der Waals surface area contributed by atoms with E-state index < -0.39 is 12.2 Å². The quantitative estimate of drug-likeness (QED) is 0.504. The maximum atomic E-state index is 10.4. The van der Waals surface area contributed by atoms with Crippen LogP contribution in [-0.4, -0.2) is 34.6 Å². The Bertz CT molecular complexity index is 195. The van der Waals surface area contributed by atoms with Crippen molar-refractivity contribution < 1.29 is 19.4 Å². The Balaban J connectivity index is 2.82. The Morgan fingerprint density at radius 3 is 2.60 bits per heavy atom. The van der Waals surface area contributed by atoms with Gasteiger partial charge in [-0.1, -0.05) is 0 Å². The number of rotatable bonds is 0. The Kier molecular flexibility index (Phi) is 1.29. The fourth-order valence-electron chi connectivity index (χ4n) is 0.563. The summed E-state index contributed by atoms with van der Waals surface area (Å²) < 4.78 is 4.22. The predicted octanol–water partition coefficient (Wildman–Crippen LogP) is 0.0939. The Morgan fingerprint density at radius 1 is 1.80 bits per heavy atom. The second-order valence-electron chi connectivity index (χ2n) is 1.62. The monoisotopic (exact) mass is 144 g/mol. The summed E-state index contributed by atoms with van der Waals surface area (Å²) >= 11 is 0. The van der Waals surface area contributed by atoms with Crippen LogP contribution in [-0.2, 0) is 4.74 Å². The zero-order chi connectivity index (χ0) is 7.72. The molecular formula is C4H4N2O4. The van der Waals surface area contributed by atoms with Gasteiger partial charge in [-0.25, -0.2) is 9.59 Å². The number of carboxylic acid groups (broad SMARTS) is 1. The van der Waals surface area contributed by atoms with Gasteiger partial charge >= 0.3 is 12.2 Å². The second-order valence-corrected chi connectivity index (χ2v) is 1.62. The number of cyclic esters (lactones) is 1. The lowest BCUT2D eigenvalue weighted by atomic mass is 10.6. The number of carbonyl (C=O) groups is 2. The minimum atomic E-state index is -1.48. The van der Waals surface area contributed by atoms with Crippen LogP contribution in [0, 0.1) is 5.41 Å². The number of ether oxygens (including phenoxy) is 1. The van der Waals surface area contributed by atoms with Crippen LogP contribution in [0.25, 0.3) is 0 Å². The van der Waals surface area contributed by atoms with Crippen LogP contribution in [0.5, 0.6) is 0 Å². The molecule has 0 spiro atoms. The van der Waals surface area contributed by atoms with Crippen LogP contribution in [0.4, 0.5) is 9.59 Å². The molecule has 0 aromatic rings. The molecule has 1 fully saturated rings. The number of amides is 2. The van der Waals surface area contributed by atoms with Gasteiger partial charge < -0.3 is 9.84 Å². The third-order valence-corrected chi connectivity index (χ3v) is 0.976. The molecule has 1 heterocycles. The lowest BCUT2D eigenvalue weighted by molar-refractivity contribution is 0.143. The van der Waals surface area contributed by atoms with E-state index in [-0.39, 0.29) is 17.3 Å². The zero-order valence-corrected chi connectivity index (χ0v) is 4.83. The van der Waals surface area contributed by atoms with Crippen molar-refractivity contribution in [1.29, 1.82) is 5.41 Å². The minimum absolute atomic E-state index is 0.250. The molecule has 0 atom stereocenters. The molecule has 0 aliphatic carbocycles. The van der Waals surface area contributed by atoms with Gasteiger partial charge in [0.2, 0.25) is 0 Å². The molecule has 1 saturated heterocycles. The third-order valence-electron chi connectivity index (χ3n) is 0.976. The van der Waals surface area contributed by atoms with Crippen LogP contribution in [0.1, 0.15) is 0 Å². The molecule has 6 nitrogen and oxygen atoms in total. The molecule has 0 saturated carbocycles. The Labute approximate surface area is 55.5 Å². The second kappa shape index (κ2) is 1.98. The van der Waals surface area contributed by atoms with Crippen molar-refractivity contribution in [2.75, 3.05) is 6.61 Å². The highest BCUT2D eigenvalue weighted by Gasteiger charge is 2.33. The number of hydrogen-bond donors (Lipinski definition) is 2. The summed E-state index contributed by atoms with van der Waals surface area (Å²) in [6, 6.07) is 0.